The Morgan fingerprint density at radius 3 is 2.95 bits per heavy atom. The second kappa shape index (κ2) is 3.84. The number of hydrogen-bond donors (Lipinski definition) is 1. The molecule has 0 saturated carbocycles. The molecule has 2 nitrogen and oxygen atoms in total. The van der Waals surface area contributed by atoms with Crippen LogP contribution in [0.15, 0.2) is 70.1 Å². The number of rotatable bonds is 0. The van der Waals surface area contributed by atoms with Crippen molar-refractivity contribution in [1.29, 1.82) is 0 Å². The molecule has 1 N–H and O–H groups in total. The highest BCUT2D eigenvalue weighted by molar-refractivity contribution is 8.04. The van der Waals surface area contributed by atoms with Crippen LogP contribution in [0, 0.1) is 5.92 Å². The zero-order chi connectivity index (χ0) is 13.0. The van der Waals surface area contributed by atoms with Gasteiger partial charge in [-0.2, -0.15) is 0 Å². The van der Waals surface area contributed by atoms with Crippen LogP contribution in [-0.4, -0.2) is 11.2 Å². The molecule has 4 aliphatic rings. The van der Waals surface area contributed by atoms with Crippen molar-refractivity contribution < 1.29 is 9.18 Å². The fraction of sp³-hybridized carbons (Fsp3) is 0.133. The molecule has 0 fully saturated rings. The van der Waals surface area contributed by atoms with Crippen molar-refractivity contribution in [2.24, 2.45) is 5.92 Å². The van der Waals surface area contributed by atoms with E-state index in [1.54, 1.807) is 23.9 Å². The van der Waals surface area contributed by atoms with Gasteiger partial charge in [0.15, 0.2) is 0 Å². The Bertz CT molecular complexity index is 678. The summed E-state index contributed by atoms with van der Waals surface area (Å²) in [4.78, 5) is 13.2. The Labute approximate surface area is 114 Å². The van der Waals surface area contributed by atoms with Crippen LogP contribution >= 0.6 is 11.8 Å². The fourth-order valence-corrected chi connectivity index (χ4v) is 4.12. The average Bonchev–Trinajstić information content (AvgIpc) is 2.77. The first-order chi connectivity index (χ1) is 9.24. The molecule has 4 heteroatoms. The molecule has 2 heterocycles. The van der Waals surface area contributed by atoms with E-state index in [-0.39, 0.29) is 22.9 Å². The van der Waals surface area contributed by atoms with E-state index in [1.165, 1.54) is 6.08 Å². The quantitative estimate of drug-likeness (QED) is 0.734. The first-order valence-corrected chi connectivity index (χ1v) is 6.98. The van der Waals surface area contributed by atoms with Gasteiger partial charge in [-0.25, -0.2) is 4.39 Å². The van der Waals surface area contributed by atoms with Crippen LogP contribution in [0.4, 0.5) is 4.39 Å². The van der Waals surface area contributed by atoms with Crippen molar-refractivity contribution in [2.45, 2.75) is 5.25 Å². The lowest BCUT2D eigenvalue weighted by molar-refractivity contribution is -0.122. The maximum Gasteiger partial charge on any atom is 0.235 e. The normalized spacial score (nSPS) is 31.0. The van der Waals surface area contributed by atoms with Gasteiger partial charge in [0.25, 0.3) is 0 Å². The third-order valence-electron chi connectivity index (χ3n) is 3.62. The van der Waals surface area contributed by atoms with Crippen LogP contribution in [0.1, 0.15) is 0 Å². The molecule has 1 amide bonds. The van der Waals surface area contributed by atoms with Crippen LogP contribution in [-0.2, 0) is 4.79 Å². The highest BCUT2D eigenvalue weighted by Crippen LogP contribution is 2.49. The minimum absolute atomic E-state index is 0.00785. The Balaban J connectivity index is 1.90. The SMILES string of the molecule is O=C1NC2=C3C=CC(F)=CC3SC2=C2C=CC=CC12. The summed E-state index contributed by atoms with van der Waals surface area (Å²) in [6, 6.07) is 0. The third-order valence-corrected chi connectivity index (χ3v) is 4.94. The molecule has 2 unspecified atom stereocenters. The second-order valence-electron chi connectivity index (χ2n) is 4.75. The topological polar surface area (TPSA) is 29.1 Å². The van der Waals surface area contributed by atoms with Crippen LogP contribution in [0.25, 0.3) is 0 Å². The van der Waals surface area contributed by atoms with Gasteiger partial charge < -0.3 is 5.32 Å². The number of thioether (sulfide) groups is 1. The molecule has 19 heavy (non-hydrogen) atoms. The Morgan fingerprint density at radius 2 is 2.05 bits per heavy atom. The number of carbonyl (C=O) groups is 1. The zero-order valence-electron chi connectivity index (χ0n) is 9.89. The van der Waals surface area contributed by atoms with Gasteiger partial charge >= 0.3 is 0 Å². The van der Waals surface area contributed by atoms with E-state index in [2.05, 4.69) is 5.32 Å². The molecule has 4 rings (SSSR count). The van der Waals surface area contributed by atoms with Gasteiger partial charge in [-0.05, 0) is 23.3 Å². The molecule has 0 aromatic heterocycles. The van der Waals surface area contributed by atoms with Gasteiger partial charge in [0, 0.05) is 4.91 Å². The summed E-state index contributed by atoms with van der Waals surface area (Å²) < 4.78 is 13.3. The molecule has 0 bridgehead atoms. The molecule has 2 aliphatic carbocycles. The van der Waals surface area contributed by atoms with Gasteiger partial charge in [-0.3, -0.25) is 4.79 Å². The van der Waals surface area contributed by atoms with Crippen LogP contribution < -0.4 is 5.32 Å². The van der Waals surface area contributed by atoms with Crippen molar-refractivity contribution in [3.05, 3.63) is 70.1 Å². The van der Waals surface area contributed by atoms with E-state index in [1.807, 2.05) is 24.3 Å². The standard InChI is InChI=1S/C15H10FNOS/c16-8-5-6-11-12(7-8)19-14-9-3-1-2-4-10(9)15(18)17-13(11)14/h1-7,10,12H,(H,17,18). The smallest absolute Gasteiger partial charge is 0.235 e. The lowest BCUT2D eigenvalue weighted by Crippen LogP contribution is -2.35. The molecule has 0 aromatic rings. The predicted molar refractivity (Wildman–Crippen MR) is 73.7 cm³/mol. The number of hydrogen-bond acceptors (Lipinski definition) is 2. The highest BCUT2D eigenvalue weighted by atomic mass is 32.2. The van der Waals surface area contributed by atoms with E-state index < -0.39 is 0 Å². The second-order valence-corrected chi connectivity index (χ2v) is 5.90. The summed E-state index contributed by atoms with van der Waals surface area (Å²) in [5.74, 6) is -0.436. The van der Waals surface area contributed by atoms with Gasteiger partial charge in [0.2, 0.25) is 5.91 Å². The van der Waals surface area contributed by atoms with Gasteiger partial charge in [-0.1, -0.05) is 30.4 Å². The molecule has 0 spiro atoms. The summed E-state index contributed by atoms with van der Waals surface area (Å²) in [5, 5.41) is 2.94. The number of halogens is 1. The van der Waals surface area contributed by atoms with E-state index in [9.17, 15) is 9.18 Å². The number of nitrogens with one attached hydrogen (secondary N) is 1. The largest absolute Gasteiger partial charge is 0.324 e. The number of allylic oxidation sites excluding steroid dienone is 6. The first kappa shape index (κ1) is 11.1. The summed E-state index contributed by atoms with van der Waals surface area (Å²) in [6.07, 6.45) is 12.5. The summed E-state index contributed by atoms with van der Waals surface area (Å²) in [5.41, 5.74) is 2.87. The van der Waals surface area contributed by atoms with Crippen molar-refractivity contribution >= 4 is 17.7 Å². The minimum Gasteiger partial charge on any atom is -0.324 e. The lowest BCUT2D eigenvalue weighted by Gasteiger charge is -2.25. The summed E-state index contributed by atoms with van der Waals surface area (Å²) in [7, 11) is 0. The Hall–Kier alpha value is -1.81. The average molecular weight is 271 g/mol. The Kier molecular flexibility index (Phi) is 2.23. The summed E-state index contributed by atoms with van der Waals surface area (Å²) in [6.45, 7) is 0. The molecule has 0 radical (unpaired) electrons. The number of fused-ring (bicyclic) bond motifs is 3. The zero-order valence-corrected chi connectivity index (χ0v) is 10.7. The molecule has 2 aliphatic heterocycles. The monoisotopic (exact) mass is 271 g/mol. The van der Waals surface area contributed by atoms with Crippen molar-refractivity contribution in [3.8, 4) is 0 Å². The van der Waals surface area contributed by atoms with Crippen molar-refractivity contribution in [1.82, 2.24) is 5.32 Å². The van der Waals surface area contributed by atoms with Crippen molar-refractivity contribution in [2.75, 3.05) is 0 Å². The van der Waals surface area contributed by atoms with Crippen LogP contribution in [0.5, 0.6) is 0 Å². The predicted octanol–water partition coefficient (Wildman–Crippen LogP) is 2.91. The lowest BCUT2D eigenvalue weighted by atomic mass is 9.88. The molecular formula is C15H10FNOS. The highest BCUT2D eigenvalue weighted by Gasteiger charge is 2.38. The summed E-state index contributed by atoms with van der Waals surface area (Å²) >= 11 is 1.61. The van der Waals surface area contributed by atoms with E-state index in [0.717, 1.165) is 21.7 Å². The van der Waals surface area contributed by atoms with Gasteiger partial charge in [0.05, 0.1) is 16.9 Å². The molecular weight excluding hydrogens is 261 g/mol. The van der Waals surface area contributed by atoms with Crippen LogP contribution in [0.2, 0.25) is 0 Å². The number of carbonyl (C=O) groups excluding carboxylic acids is 1. The number of amides is 1. The maximum absolute atomic E-state index is 13.3. The van der Waals surface area contributed by atoms with Gasteiger partial charge in [0.1, 0.15) is 5.83 Å². The Morgan fingerprint density at radius 1 is 1.16 bits per heavy atom. The fourth-order valence-electron chi connectivity index (χ4n) is 2.72. The van der Waals surface area contributed by atoms with Crippen LogP contribution in [0.3, 0.4) is 0 Å². The maximum atomic E-state index is 13.3. The van der Waals surface area contributed by atoms with Gasteiger partial charge in [-0.15, -0.1) is 11.8 Å². The van der Waals surface area contributed by atoms with E-state index >= 15 is 0 Å². The van der Waals surface area contributed by atoms with E-state index in [0.29, 0.717) is 0 Å². The van der Waals surface area contributed by atoms with E-state index in [4.69, 9.17) is 0 Å². The third kappa shape index (κ3) is 1.53. The molecule has 94 valence electrons. The van der Waals surface area contributed by atoms with Crippen molar-refractivity contribution in [3.63, 3.8) is 0 Å². The minimum atomic E-state index is -0.215. The molecule has 0 saturated heterocycles. The first-order valence-electron chi connectivity index (χ1n) is 6.10. The molecule has 0 aromatic carbocycles. The molecule has 2 atom stereocenters.